The summed E-state index contributed by atoms with van der Waals surface area (Å²) < 4.78 is 2.14. The van der Waals surface area contributed by atoms with Gasteiger partial charge in [-0.25, -0.2) is 15.0 Å². The Morgan fingerprint density at radius 2 is 0.909 bits per heavy atom. The highest BCUT2D eigenvalue weighted by Crippen LogP contribution is 2.31. The van der Waals surface area contributed by atoms with E-state index in [0.29, 0.717) is 5.95 Å². The number of hydrogen-bond acceptors (Lipinski definition) is 3. The molecule has 0 bridgehead atoms. The maximum atomic E-state index is 4.52. The number of nitrogens with zero attached hydrogens (tertiary/aromatic N) is 4. The molecule has 0 aliphatic heterocycles. The number of aromatic nitrogens is 4. The van der Waals surface area contributed by atoms with Gasteiger partial charge in [-0.2, -0.15) is 0 Å². The van der Waals surface area contributed by atoms with E-state index in [1.165, 1.54) is 42.6 Å². The Hall–Kier alpha value is -5.65. The molecule has 4 nitrogen and oxygen atoms in total. The molecule has 0 fully saturated rings. The highest BCUT2D eigenvalue weighted by molar-refractivity contribution is 7.20. The van der Waals surface area contributed by atoms with Gasteiger partial charge in [-0.3, -0.25) is 4.57 Å². The van der Waals surface area contributed by atoms with Crippen molar-refractivity contribution in [2.75, 3.05) is 0 Å². The van der Waals surface area contributed by atoms with Crippen molar-refractivity contribution >= 4 is 50.6 Å². The van der Waals surface area contributed by atoms with Gasteiger partial charge in [0.2, 0.25) is 5.95 Å². The van der Waals surface area contributed by atoms with Crippen molar-refractivity contribution in [1.29, 1.82) is 0 Å². The number of benzene rings is 6. The summed E-state index contributed by atoms with van der Waals surface area (Å²) in [7, 11) is -2.75. The third-order valence-electron chi connectivity index (χ3n) is 8.62. The van der Waals surface area contributed by atoms with Crippen molar-refractivity contribution in [3.63, 3.8) is 0 Å². The topological polar surface area (TPSA) is 43.6 Å². The second kappa shape index (κ2) is 10.9. The fourth-order valence-electron chi connectivity index (χ4n) is 6.69. The summed E-state index contributed by atoms with van der Waals surface area (Å²) in [5.74, 6) is 0.616. The predicted octanol–water partition coefficient (Wildman–Crippen LogP) is 6.01. The molecule has 0 aliphatic carbocycles. The van der Waals surface area contributed by atoms with E-state index in [4.69, 9.17) is 0 Å². The molecule has 0 radical (unpaired) electrons. The number of fused-ring (bicyclic) bond motifs is 3. The van der Waals surface area contributed by atoms with E-state index in [2.05, 4.69) is 177 Å². The highest BCUT2D eigenvalue weighted by atomic mass is 28.3. The van der Waals surface area contributed by atoms with Gasteiger partial charge in [0, 0.05) is 10.8 Å². The second-order valence-electron chi connectivity index (χ2n) is 10.9. The van der Waals surface area contributed by atoms with Gasteiger partial charge in [-0.1, -0.05) is 146 Å². The Bertz CT molecular complexity index is 2160. The molecule has 0 saturated heterocycles. The molecule has 0 unspecified atom stereocenters. The van der Waals surface area contributed by atoms with Crippen molar-refractivity contribution in [1.82, 2.24) is 19.5 Å². The predicted molar refractivity (Wildman–Crippen MR) is 183 cm³/mol. The summed E-state index contributed by atoms with van der Waals surface area (Å²) in [5.41, 5.74) is 4.59. The zero-order valence-electron chi connectivity index (χ0n) is 24.0. The molecule has 0 N–H and O–H groups in total. The van der Waals surface area contributed by atoms with E-state index in [1.54, 1.807) is 12.7 Å². The van der Waals surface area contributed by atoms with Crippen molar-refractivity contribution in [2.24, 2.45) is 0 Å². The van der Waals surface area contributed by atoms with E-state index in [9.17, 15) is 0 Å². The van der Waals surface area contributed by atoms with Crippen LogP contribution in [0.4, 0.5) is 0 Å². The first-order valence-electron chi connectivity index (χ1n) is 14.8. The Balaban J connectivity index is 1.44. The van der Waals surface area contributed by atoms with Gasteiger partial charge in [0.05, 0.1) is 11.0 Å². The molecule has 5 heteroatoms. The minimum Gasteiger partial charge on any atom is -0.278 e. The second-order valence-corrected chi connectivity index (χ2v) is 14.8. The van der Waals surface area contributed by atoms with Gasteiger partial charge in [0.15, 0.2) is 8.07 Å². The van der Waals surface area contributed by atoms with Gasteiger partial charge in [-0.15, -0.1) is 0 Å². The number of rotatable bonds is 6. The molecule has 2 heterocycles. The standard InChI is InChI=1S/C39H28N4Si/c1-4-12-29(13-5-1)30-20-22-33(23-21-30)44(31-14-6-2-7-15-31,32-16-8-3-9-17-32)34-24-25-38-36(26-34)35-18-10-11-19-37(35)43(38)39-41-27-40-28-42-39/h1-28H. The van der Waals surface area contributed by atoms with Crippen LogP contribution in [0.15, 0.2) is 170 Å². The van der Waals surface area contributed by atoms with Crippen LogP contribution in [0.1, 0.15) is 0 Å². The van der Waals surface area contributed by atoms with Crippen LogP contribution in [-0.2, 0) is 0 Å². The SMILES string of the molecule is c1ccc(-c2ccc([Si](c3ccccc3)(c3ccccc3)c3ccc4c(c3)c3ccccc3n4-c3ncncn3)cc2)cc1. The molecular formula is C39H28N4Si. The molecule has 2 aromatic heterocycles. The van der Waals surface area contributed by atoms with Gasteiger partial charge in [0.1, 0.15) is 12.7 Å². The normalized spacial score (nSPS) is 11.6. The molecule has 6 aromatic carbocycles. The summed E-state index contributed by atoms with van der Waals surface area (Å²) in [5, 5.41) is 7.72. The van der Waals surface area contributed by atoms with Crippen molar-refractivity contribution in [2.45, 2.75) is 0 Å². The summed E-state index contributed by atoms with van der Waals surface area (Å²) in [6.07, 6.45) is 3.11. The van der Waals surface area contributed by atoms with Crippen LogP contribution in [0, 0.1) is 0 Å². The summed E-state index contributed by atoms with van der Waals surface area (Å²) in [6, 6.07) is 57.5. The molecule has 0 atom stereocenters. The fraction of sp³-hybridized carbons (Fsp3) is 0. The van der Waals surface area contributed by atoms with E-state index >= 15 is 0 Å². The van der Waals surface area contributed by atoms with Gasteiger partial charge >= 0.3 is 0 Å². The zero-order chi connectivity index (χ0) is 29.3. The lowest BCUT2D eigenvalue weighted by Gasteiger charge is -2.34. The van der Waals surface area contributed by atoms with E-state index in [1.807, 2.05) is 0 Å². The quantitative estimate of drug-likeness (QED) is 0.179. The summed E-state index contributed by atoms with van der Waals surface area (Å²) in [4.78, 5) is 13.1. The van der Waals surface area contributed by atoms with Gasteiger partial charge < -0.3 is 0 Å². The van der Waals surface area contributed by atoms with Crippen molar-refractivity contribution < 1.29 is 0 Å². The average molecular weight is 581 g/mol. The Labute approximate surface area is 257 Å². The lowest BCUT2D eigenvalue weighted by Crippen LogP contribution is -2.74. The lowest BCUT2D eigenvalue weighted by molar-refractivity contribution is 0.939. The molecule has 0 aliphatic rings. The van der Waals surface area contributed by atoms with E-state index in [0.717, 1.165) is 11.0 Å². The van der Waals surface area contributed by atoms with Crippen molar-refractivity contribution in [3.05, 3.63) is 170 Å². The minimum absolute atomic E-state index is 0.616. The largest absolute Gasteiger partial charge is 0.278 e. The Kier molecular flexibility index (Phi) is 6.43. The summed E-state index contributed by atoms with van der Waals surface area (Å²) >= 11 is 0. The minimum atomic E-state index is -2.75. The molecule has 44 heavy (non-hydrogen) atoms. The summed E-state index contributed by atoms with van der Waals surface area (Å²) in [6.45, 7) is 0. The monoisotopic (exact) mass is 580 g/mol. The molecular weight excluding hydrogens is 553 g/mol. The number of para-hydroxylation sites is 1. The smallest absolute Gasteiger partial charge is 0.237 e. The van der Waals surface area contributed by atoms with Gasteiger partial charge in [-0.05, 0) is 44.0 Å². The van der Waals surface area contributed by atoms with E-state index < -0.39 is 8.07 Å². The van der Waals surface area contributed by atoms with Crippen LogP contribution in [0.2, 0.25) is 0 Å². The van der Waals surface area contributed by atoms with Crippen molar-refractivity contribution in [3.8, 4) is 17.1 Å². The molecule has 8 rings (SSSR count). The molecule has 0 amide bonds. The van der Waals surface area contributed by atoms with E-state index in [-0.39, 0.29) is 0 Å². The zero-order valence-corrected chi connectivity index (χ0v) is 25.0. The molecule has 208 valence electrons. The van der Waals surface area contributed by atoms with Gasteiger partial charge in [0.25, 0.3) is 0 Å². The van der Waals surface area contributed by atoms with Crippen LogP contribution in [0.25, 0.3) is 38.9 Å². The maximum absolute atomic E-state index is 4.52. The first kappa shape index (κ1) is 26.0. The Morgan fingerprint density at radius 3 is 1.57 bits per heavy atom. The third kappa shape index (κ3) is 4.17. The Morgan fingerprint density at radius 1 is 0.409 bits per heavy atom. The average Bonchev–Trinajstić information content (AvgIpc) is 3.44. The molecule has 8 aromatic rings. The number of hydrogen-bond donors (Lipinski definition) is 0. The van der Waals surface area contributed by atoms with Crippen LogP contribution >= 0.6 is 0 Å². The molecule has 0 saturated carbocycles. The van der Waals surface area contributed by atoms with Crippen LogP contribution in [0.3, 0.4) is 0 Å². The third-order valence-corrected chi connectivity index (χ3v) is 13.4. The highest BCUT2D eigenvalue weighted by Gasteiger charge is 2.41. The fourth-order valence-corrected chi connectivity index (χ4v) is 11.4. The first-order chi connectivity index (χ1) is 21.8. The lowest BCUT2D eigenvalue weighted by atomic mass is 10.1. The molecule has 0 spiro atoms. The first-order valence-corrected chi connectivity index (χ1v) is 16.8. The van der Waals surface area contributed by atoms with Crippen LogP contribution in [0.5, 0.6) is 0 Å². The van der Waals surface area contributed by atoms with Crippen LogP contribution < -0.4 is 20.7 Å². The maximum Gasteiger partial charge on any atom is 0.237 e. The van der Waals surface area contributed by atoms with Crippen LogP contribution in [-0.4, -0.2) is 27.6 Å².